The van der Waals surface area contributed by atoms with E-state index in [1.165, 1.54) is 5.56 Å². The molecule has 1 unspecified atom stereocenters. The van der Waals surface area contributed by atoms with Crippen molar-refractivity contribution in [1.82, 2.24) is 5.32 Å². The molecule has 0 aliphatic heterocycles. The smallest absolute Gasteiger partial charge is 0.169 e. The summed E-state index contributed by atoms with van der Waals surface area (Å²) >= 11 is 5.00. The molecule has 0 saturated carbocycles. The molecule has 0 amide bonds. The Bertz CT molecular complexity index is 396. The number of nitrogens with one attached hydrogen (secondary N) is 1. The Kier molecular flexibility index (Phi) is 3.05. The molecule has 2 aromatic rings. The Balaban J connectivity index is 2.31. The molecule has 1 N–H and O–H groups in total. The molecule has 0 radical (unpaired) electrons. The summed E-state index contributed by atoms with van der Waals surface area (Å²) in [5.74, 6) is 0. The van der Waals surface area contributed by atoms with Crippen LogP contribution in [0.5, 0.6) is 0 Å². The lowest BCUT2D eigenvalue weighted by Crippen LogP contribution is -2.16. The molecule has 2 aromatic heterocycles. The van der Waals surface area contributed by atoms with Crippen molar-refractivity contribution >= 4 is 27.3 Å². The van der Waals surface area contributed by atoms with Gasteiger partial charge in [0.25, 0.3) is 0 Å². The predicted octanol–water partition coefficient (Wildman–Crippen LogP) is 3.41. The van der Waals surface area contributed by atoms with E-state index in [1.807, 2.05) is 13.1 Å². The van der Waals surface area contributed by atoms with Crippen LogP contribution in [0.2, 0.25) is 0 Å². The first-order chi connectivity index (χ1) is 6.81. The quantitative estimate of drug-likeness (QED) is 0.926. The second kappa shape index (κ2) is 4.29. The van der Waals surface area contributed by atoms with Gasteiger partial charge >= 0.3 is 0 Å². The summed E-state index contributed by atoms with van der Waals surface area (Å²) in [6, 6.07) is 4.32. The molecular weight excluding hydrogens is 262 g/mol. The first-order valence-corrected chi connectivity index (χ1v) is 5.98. The number of hydrogen-bond donors (Lipinski definition) is 1. The molecule has 0 aliphatic rings. The Morgan fingerprint density at radius 1 is 1.50 bits per heavy atom. The third kappa shape index (κ3) is 1.92. The van der Waals surface area contributed by atoms with E-state index in [4.69, 9.17) is 4.42 Å². The highest BCUT2D eigenvalue weighted by Gasteiger charge is 2.14. The third-order valence-corrected chi connectivity index (χ3v) is 3.20. The summed E-state index contributed by atoms with van der Waals surface area (Å²) in [4.78, 5) is 0. The zero-order valence-electron chi connectivity index (χ0n) is 7.66. The topological polar surface area (TPSA) is 25.2 Å². The van der Waals surface area contributed by atoms with Crippen molar-refractivity contribution in [2.24, 2.45) is 0 Å². The molecule has 0 aliphatic carbocycles. The van der Waals surface area contributed by atoms with Crippen molar-refractivity contribution in [3.8, 4) is 0 Å². The number of thiophene rings is 1. The molecule has 2 nitrogen and oxygen atoms in total. The zero-order valence-corrected chi connectivity index (χ0v) is 10.1. The molecule has 4 heteroatoms. The number of rotatable bonds is 3. The Morgan fingerprint density at radius 3 is 2.86 bits per heavy atom. The summed E-state index contributed by atoms with van der Waals surface area (Å²) in [6.45, 7) is 0. The minimum Gasteiger partial charge on any atom is -0.457 e. The average Bonchev–Trinajstić information content (AvgIpc) is 2.79. The van der Waals surface area contributed by atoms with Gasteiger partial charge in [0.05, 0.1) is 12.3 Å². The van der Waals surface area contributed by atoms with Crippen LogP contribution in [0.4, 0.5) is 0 Å². The van der Waals surface area contributed by atoms with Crippen molar-refractivity contribution in [3.63, 3.8) is 0 Å². The second-order valence-corrected chi connectivity index (χ2v) is 4.52. The third-order valence-electron chi connectivity index (χ3n) is 2.09. The van der Waals surface area contributed by atoms with Crippen LogP contribution in [0.1, 0.15) is 17.2 Å². The van der Waals surface area contributed by atoms with E-state index in [2.05, 4.69) is 38.1 Å². The largest absolute Gasteiger partial charge is 0.457 e. The summed E-state index contributed by atoms with van der Waals surface area (Å²) in [7, 11) is 1.95. The lowest BCUT2D eigenvalue weighted by atomic mass is 10.1. The second-order valence-electron chi connectivity index (χ2n) is 2.96. The minimum atomic E-state index is 0.219. The van der Waals surface area contributed by atoms with E-state index in [0.29, 0.717) is 0 Å². The van der Waals surface area contributed by atoms with E-state index < -0.39 is 0 Å². The standard InChI is InChI=1S/C10H10BrNOS/c1-12-10(7-2-3-14-6-7)8-4-9(11)13-5-8/h2-6,10,12H,1H3. The van der Waals surface area contributed by atoms with E-state index in [-0.39, 0.29) is 6.04 Å². The van der Waals surface area contributed by atoms with Gasteiger partial charge in [-0.1, -0.05) is 0 Å². The van der Waals surface area contributed by atoms with E-state index in [0.717, 1.165) is 10.2 Å². The summed E-state index contributed by atoms with van der Waals surface area (Å²) in [5, 5.41) is 7.48. The summed E-state index contributed by atoms with van der Waals surface area (Å²) in [6.07, 6.45) is 1.77. The molecule has 14 heavy (non-hydrogen) atoms. The number of furan rings is 1. The Hall–Kier alpha value is -0.580. The van der Waals surface area contributed by atoms with Crippen molar-refractivity contribution in [1.29, 1.82) is 0 Å². The highest BCUT2D eigenvalue weighted by molar-refractivity contribution is 9.10. The van der Waals surface area contributed by atoms with Crippen LogP contribution in [-0.2, 0) is 0 Å². The van der Waals surface area contributed by atoms with Gasteiger partial charge in [-0.25, -0.2) is 0 Å². The molecule has 0 bridgehead atoms. The fraction of sp³-hybridized carbons (Fsp3) is 0.200. The molecule has 2 heterocycles. The van der Waals surface area contributed by atoms with E-state index >= 15 is 0 Å². The van der Waals surface area contributed by atoms with Gasteiger partial charge in [-0.2, -0.15) is 11.3 Å². The van der Waals surface area contributed by atoms with Gasteiger partial charge in [0.2, 0.25) is 0 Å². The Labute approximate surface area is 95.1 Å². The molecule has 0 spiro atoms. The summed E-state index contributed by atoms with van der Waals surface area (Å²) in [5.41, 5.74) is 2.41. The minimum absolute atomic E-state index is 0.219. The highest BCUT2D eigenvalue weighted by Crippen LogP contribution is 2.26. The van der Waals surface area contributed by atoms with Gasteiger partial charge in [-0.05, 0) is 51.4 Å². The van der Waals surface area contributed by atoms with Crippen LogP contribution in [-0.4, -0.2) is 7.05 Å². The lowest BCUT2D eigenvalue weighted by Gasteiger charge is -2.11. The fourth-order valence-corrected chi connectivity index (χ4v) is 2.48. The SMILES string of the molecule is CNC(c1ccsc1)c1coc(Br)c1. The first kappa shape index (κ1) is 9.96. The van der Waals surface area contributed by atoms with Gasteiger partial charge in [0.1, 0.15) is 0 Å². The van der Waals surface area contributed by atoms with Crippen molar-refractivity contribution in [2.45, 2.75) is 6.04 Å². The van der Waals surface area contributed by atoms with Gasteiger partial charge in [-0.15, -0.1) is 0 Å². The van der Waals surface area contributed by atoms with Crippen molar-refractivity contribution in [2.75, 3.05) is 7.05 Å². The molecular formula is C10H10BrNOS. The Morgan fingerprint density at radius 2 is 2.36 bits per heavy atom. The zero-order chi connectivity index (χ0) is 9.97. The van der Waals surface area contributed by atoms with Crippen LogP contribution in [0.25, 0.3) is 0 Å². The van der Waals surface area contributed by atoms with Crippen LogP contribution < -0.4 is 5.32 Å². The average molecular weight is 272 g/mol. The van der Waals surface area contributed by atoms with Gasteiger partial charge in [0, 0.05) is 5.56 Å². The maximum atomic E-state index is 5.23. The van der Waals surface area contributed by atoms with Gasteiger partial charge < -0.3 is 9.73 Å². The molecule has 1 atom stereocenters. The summed E-state index contributed by atoms with van der Waals surface area (Å²) < 4.78 is 5.99. The predicted molar refractivity (Wildman–Crippen MR) is 61.6 cm³/mol. The van der Waals surface area contributed by atoms with Crippen LogP contribution in [0.3, 0.4) is 0 Å². The number of halogens is 1. The molecule has 0 saturated heterocycles. The van der Waals surface area contributed by atoms with Crippen molar-refractivity contribution in [3.05, 3.63) is 45.0 Å². The highest BCUT2D eigenvalue weighted by atomic mass is 79.9. The first-order valence-electron chi connectivity index (χ1n) is 4.24. The monoisotopic (exact) mass is 271 g/mol. The van der Waals surface area contributed by atoms with Crippen LogP contribution in [0.15, 0.2) is 38.2 Å². The maximum absolute atomic E-state index is 5.23. The molecule has 0 fully saturated rings. The van der Waals surface area contributed by atoms with Crippen molar-refractivity contribution < 1.29 is 4.42 Å². The number of hydrogen-bond acceptors (Lipinski definition) is 3. The molecule has 0 aromatic carbocycles. The maximum Gasteiger partial charge on any atom is 0.169 e. The van der Waals surface area contributed by atoms with E-state index in [1.54, 1.807) is 17.6 Å². The molecule has 2 rings (SSSR count). The van der Waals surface area contributed by atoms with Gasteiger partial charge in [-0.3, -0.25) is 0 Å². The fourth-order valence-electron chi connectivity index (χ4n) is 1.44. The van der Waals surface area contributed by atoms with E-state index in [9.17, 15) is 0 Å². The molecule has 74 valence electrons. The van der Waals surface area contributed by atoms with Gasteiger partial charge in [0.15, 0.2) is 4.67 Å². The van der Waals surface area contributed by atoms with Crippen LogP contribution in [0, 0.1) is 0 Å². The normalized spacial score (nSPS) is 13.0. The lowest BCUT2D eigenvalue weighted by molar-refractivity contribution is 0.534. The van der Waals surface area contributed by atoms with Crippen LogP contribution >= 0.6 is 27.3 Å².